The van der Waals surface area contributed by atoms with Crippen molar-refractivity contribution in [2.24, 2.45) is 0 Å². The molecule has 0 saturated heterocycles. The highest BCUT2D eigenvalue weighted by Crippen LogP contribution is 2.19. The molecule has 0 unspecified atom stereocenters. The number of amides is 1. The van der Waals surface area contributed by atoms with E-state index in [9.17, 15) is 9.59 Å². The number of anilines is 1. The van der Waals surface area contributed by atoms with E-state index in [1.165, 1.54) is 23.1 Å². The van der Waals surface area contributed by atoms with Crippen LogP contribution in [0, 0.1) is 6.92 Å². The summed E-state index contributed by atoms with van der Waals surface area (Å²) >= 11 is 2.57. The van der Waals surface area contributed by atoms with E-state index in [-0.39, 0.29) is 17.2 Å². The number of aryl methyl sites for hydroxylation is 1. The van der Waals surface area contributed by atoms with Crippen LogP contribution < -0.4 is 10.9 Å². The molecular formula is C15H13N3O2S2. The lowest BCUT2D eigenvalue weighted by atomic mass is 10.2. The van der Waals surface area contributed by atoms with Gasteiger partial charge >= 0.3 is 0 Å². The molecule has 0 radical (unpaired) electrons. The van der Waals surface area contributed by atoms with Crippen molar-refractivity contribution in [3.63, 3.8) is 0 Å². The number of nitrogens with one attached hydrogen (secondary N) is 2. The van der Waals surface area contributed by atoms with E-state index in [1.807, 2.05) is 36.6 Å². The van der Waals surface area contributed by atoms with E-state index in [0.717, 1.165) is 11.3 Å². The Kier molecular flexibility index (Phi) is 4.26. The van der Waals surface area contributed by atoms with Crippen molar-refractivity contribution in [3.8, 4) is 0 Å². The minimum Gasteiger partial charge on any atom is -0.325 e. The number of nitrogens with zero attached hydrogens (tertiary/aromatic N) is 1. The first-order chi connectivity index (χ1) is 10.6. The highest BCUT2D eigenvalue weighted by molar-refractivity contribution is 7.99. The normalized spacial score (nSPS) is 10.8. The van der Waals surface area contributed by atoms with Crippen LogP contribution in [-0.4, -0.2) is 21.6 Å². The molecule has 0 spiro atoms. The van der Waals surface area contributed by atoms with Gasteiger partial charge in [-0.25, -0.2) is 4.98 Å². The number of aromatic amines is 1. The molecule has 5 nitrogen and oxygen atoms in total. The molecule has 112 valence electrons. The Morgan fingerprint density at radius 3 is 3.00 bits per heavy atom. The van der Waals surface area contributed by atoms with E-state index in [2.05, 4.69) is 15.3 Å². The Bertz CT molecular complexity index is 886. The Hall–Kier alpha value is -2.12. The first kappa shape index (κ1) is 14.8. The van der Waals surface area contributed by atoms with Gasteiger partial charge in [0, 0.05) is 5.69 Å². The third-order valence-electron chi connectivity index (χ3n) is 3.05. The van der Waals surface area contributed by atoms with E-state index in [0.29, 0.717) is 15.4 Å². The van der Waals surface area contributed by atoms with Gasteiger partial charge in [0.25, 0.3) is 5.56 Å². The number of benzene rings is 1. The van der Waals surface area contributed by atoms with Crippen molar-refractivity contribution in [2.75, 3.05) is 11.1 Å². The smallest absolute Gasteiger partial charge is 0.269 e. The minimum atomic E-state index is -0.165. The van der Waals surface area contributed by atoms with Crippen LogP contribution in [0.3, 0.4) is 0 Å². The summed E-state index contributed by atoms with van der Waals surface area (Å²) in [7, 11) is 0. The molecule has 2 aromatic heterocycles. The topological polar surface area (TPSA) is 74.8 Å². The lowest BCUT2D eigenvalue weighted by Crippen LogP contribution is -2.15. The monoisotopic (exact) mass is 331 g/mol. The summed E-state index contributed by atoms with van der Waals surface area (Å²) in [5, 5.41) is 5.13. The molecule has 2 N–H and O–H groups in total. The zero-order chi connectivity index (χ0) is 15.5. The summed E-state index contributed by atoms with van der Waals surface area (Å²) in [6.07, 6.45) is 0. The number of hydrogen-bond acceptors (Lipinski definition) is 5. The Labute approximate surface area is 134 Å². The van der Waals surface area contributed by atoms with Gasteiger partial charge in [-0.15, -0.1) is 11.3 Å². The zero-order valence-corrected chi connectivity index (χ0v) is 13.4. The van der Waals surface area contributed by atoms with E-state index >= 15 is 0 Å². The molecule has 1 amide bonds. The van der Waals surface area contributed by atoms with E-state index in [4.69, 9.17) is 0 Å². The third kappa shape index (κ3) is 3.20. The van der Waals surface area contributed by atoms with Gasteiger partial charge < -0.3 is 10.3 Å². The van der Waals surface area contributed by atoms with Gasteiger partial charge in [-0.2, -0.15) is 0 Å². The molecule has 3 aromatic rings. The van der Waals surface area contributed by atoms with Crippen LogP contribution in [-0.2, 0) is 4.79 Å². The van der Waals surface area contributed by atoms with Crippen molar-refractivity contribution in [1.29, 1.82) is 0 Å². The number of thioether (sulfide) groups is 1. The van der Waals surface area contributed by atoms with Crippen LogP contribution in [0.15, 0.2) is 45.7 Å². The second-order valence-corrected chi connectivity index (χ2v) is 6.54. The average molecular weight is 331 g/mol. The van der Waals surface area contributed by atoms with Crippen molar-refractivity contribution in [3.05, 3.63) is 51.6 Å². The summed E-state index contributed by atoms with van der Waals surface area (Å²) in [5.41, 5.74) is 2.30. The van der Waals surface area contributed by atoms with Gasteiger partial charge in [-0.3, -0.25) is 9.59 Å². The molecule has 0 atom stereocenters. The molecule has 0 aliphatic carbocycles. The quantitative estimate of drug-likeness (QED) is 0.569. The van der Waals surface area contributed by atoms with Crippen LogP contribution in [0.2, 0.25) is 0 Å². The summed E-state index contributed by atoms with van der Waals surface area (Å²) in [6.45, 7) is 1.94. The lowest BCUT2D eigenvalue weighted by molar-refractivity contribution is -0.113. The maximum absolute atomic E-state index is 12.0. The fraction of sp³-hybridized carbons (Fsp3) is 0.133. The molecule has 0 bridgehead atoms. The Morgan fingerprint density at radius 1 is 1.36 bits per heavy atom. The SMILES string of the molecule is Cc1ccccc1NC(=O)CSc1nc2ccsc2c(=O)[nH]1. The van der Waals surface area contributed by atoms with Gasteiger partial charge in [-0.1, -0.05) is 30.0 Å². The summed E-state index contributed by atoms with van der Waals surface area (Å²) in [6, 6.07) is 9.39. The largest absolute Gasteiger partial charge is 0.325 e. The van der Waals surface area contributed by atoms with Gasteiger partial charge in [0.1, 0.15) is 4.70 Å². The second-order valence-electron chi connectivity index (χ2n) is 4.66. The van der Waals surface area contributed by atoms with Crippen molar-refractivity contribution >= 4 is 44.9 Å². The molecule has 0 fully saturated rings. The number of hydrogen-bond donors (Lipinski definition) is 2. The first-order valence-corrected chi connectivity index (χ1v) is 8.46. The molecule has 2 heterocycles. The molecule has 7 heteroatoms. The van der Waals surface area contributed by atoms with Crippen molar-refractivity contribution < 1.29 is 4.79 Å². The van der Waals surface area contributed by atoms with Gasteiger partial charge in [0.15, 0.2) is 5.16 Å². The van der Waals surface area contributed by atoms with Crippen molar-refractivity contribution in [2.45, 2.75) is 12.1 Å². The van der Waals surface area contributed by atoms with Gasteiger partial charge in [0.05, 0.1) is 11.3 Å². The number of H-pyrrole nitrogens is 1. The molecule has 0 aliphatic rings. The van der Waals surface area contributed by atoms with Crippen molar-refractivity contribution in [1.82, 2.24) is 9.97 Å². The second kappa shape index (κ2) is 6.33. The molecule has 0 aliphatic heterocycles. The molecular weight excluding hydrogens is 318 g/mol. The Balaban J connectivity index is 1.67. The molecule has 22 heavy (non-hydrogen) atoms. The van der Waals surface area contributed by atoms with Gasteiger partial charge in [-0.05, 0) is 30.0 Å². The number of para-hydroxylation sites is 1. The highest BCUT2D eigenvalue weighted by Gasteiger charge is 2.09. The maximum Gasteiger partial charge on any atom is 0.269 e. The molecule has 3 rings (SSSR count). The maximum atomic E-state index is 12.0. The Morgan fingerprint density at radius 2 is 2.18 bits per heavy atom. The van der Waals surface area contributed by atoms with Crippen LogP contribution in [0.25, 0.3) is 10.2 Å². The number of fused-ring (bicyclic) bond motifs is 1. The van der Waals surface area contributed by atoms with E-state index < -0.39 is 0 Å². The van der Waals surface area contributed by atoms with Crippen LogP contribution in [0.5, 0.6) is 0 Å². The first-order valence-electron chi connectivity index (χ1n) is 6.59. The molecule has 1 aromatic carbocycles. The number of carbonyl (C=O) groups excluding carboxylic acids is 1. The van der Waals surface area contributed by atoms with Gasteiger partial charge in [0.2, 0.25) is 5.91 Å². The third-order valence-corrected chi connectivity index (χ3v) is 4.83. The standard InChI is InChI=1S/C15H13N3O2S2/c1-9-4-2-3-5-10(9)16-12(19)8-22-15-17-11-6-7-21-13(11)14(20)18-15/h2-7H,8H2,1H3,(H,16,19)(H,17,18,20). The summed E-state index contributed by atoms with van der Waals surface area (Å²) < 4.78 is 0.605. The fourth-order valence-electron chi connectivity index (χ4n) is 1.95. The lowest BCUT2D eigenvalue weighted by Gasteiger charge is -2.07. The zero-order valence-electron chi connectivity index (χ0n) is 11.8. The van der Waals surface area contributed by atoms with E-state index in [1.54, 1.807) is 6.07 Å². The predicted molar refractivity (Wildman–Crippen MR) is 90.8 cm³/mol. The van der Waals surface area contributed by atoms with Crippen LogP contribution in [0.4, 0.5) is 5.69 Å². The van der Waals surface area contributed by atoms with Crippen LogP contribution in [0.1, 0.15) is 5.56 Å². The van der Waals surface area contributed by atoms with Crippen LogP contribution >= 0.6 is 23.1 Å². The fourth-order valence-corrected chi connectivity index (χ4v) is 3.35. The highest BCUT2D eigenvalue weighted by atomic mass is 32.2. The minimum absolute atomic E-state index is 0.132. The number of rotatable bonds is 4. The summed E-state index contributed by atoms with van der Waals surface area (Å²) in [4.78, 5) is 30.9. The number of carbonyl (C=O) groups is 1. The summed E-state index contributed by atoms with van der Waals surface area (Å²) in [5.74, 6) is 0.0553. The number of thiophene rings is 1. The number of aromatic nitrogens is 2. The average Bonchev–Trinajstić information content (AvgIpc) is 2.97. The predicted octanol–water partition coefficient (Wildman–Crippen LogP) is 3.02. The molecule has 0 saturated carbocycles.